The van der Waals surface area contributed by atoms with Crippen LogP contribution in [0.4, 0.5) is 0 Å². The number of nitrogens with one attached hydrogen (secondary N) is 1. The summed E-state index contributed by atoms with van der Waals surface area (Å²) < 4.78 is 0. The van der Waals surface area contributed by atoms with Crippen molar-refractivity contribution in [1.29, 1.82) is 0 Å². The summed E-state index contributed by atoms with van der Waals surface area (Å²) in [6.07, 6.45) is 5.50. The van der Waals surface area contributed by atoms with Crippen LogP contribution in [0.3, 0.4) is 0 Å². The molecule has 12 heavy (non-hydrogen) atoms. The second-order valence-electron chi connectivity index (χ2n) is 3.03. The summed E-state index contributed by atoms with van der Waals surface area (Å²) in [5.74, 6) is -0.226. The van der Waals surface area contributed by atoms with Crippen LogP contribution in [-0.2, 0) is 4.79 Å². The summed E-state index contributed by atoms with van der Waals surface area (Å²) in [6, 6.07) is 0. The molecule has 0 aromatic heterocycles. The van der Waals surface area contributed by atoms with Gasteiger partial charge in [-0.25, -0.2) is 0 Å². The lowest BCUT2D eigenvalue weighted by Gasteiger charge is -2.01. The van der Waals surface area contributed by atoms with E-state index in [1.54, 1.807) is 0 Å². The lowest BCUT2D eigenvalue weighted by Crippen LogP contribution is -2.22. The molecule has 0 rings (SSSR count). The molecule has 0 aromatic rings. The zero-order chi connectivity index (χ0) is 9.23. The van der Waals surface area contributed by atoms with Gasteiger partial charge in [0.05, 0.1) is 0 Å². The Bertz CT molecular complexity index is 115. The molecule has 0 saturated carbocycles. The van der Waals surface area contributed by atoms with Crippen molar-refractivity contribution < 1.29 is 4.79 Å². The maximum atomic E-state index is 10.3. The van der Waals surface area contributed by atoms with Crippen molar-refractivity contribution in [3.8, 4) is 0 Å². The molecule has 0 aliphatic rings. The maximum Gasteiger partial charge on any atom is 0.218 e. The Hall–Kier alpha value is -0.570. The van der Waals surface area contributed by atoms with E-state index in [4.69, 9.17) is 5.73 Å². The standard InChI is InChI=1S/C9H20N2O/c1-2-3-4-5-7-11-8-6-9(10)12/h11H,2-8H2,1H3,(H2,10,12). The zero-order valence-electron chi connectivity index (χ0n) is 7.94. The fourth-order valence-electron chi connectivity index (χ4n) is 1.01. The van der Waals surface area contributed by atoms with Gasteiger partial charge in [-0.15, -0.1) is 0 Å². The molecule has 3 nitrogen and oxygen atoms in total. The van der Waals surface area contributed by atoms with Gasteiger partial charge in [0.1, 0.15) is 0 Å². The maximum absolute atomic E-state index is 10.3. The van der Waals surface area contributed by atoms with Crippen LogP contribution in [-0.4, -0.2) is 19.0 Å². The number of rotatable bonds is 8. The third kappa shape index (κ3) is 9.43. The van der Waals surface area contributed by atoms with Crippen LogP contribution in [0.2, 0.25) is 0 Å². The number of primary amides is 1. The van der Waals surface area contributed by atoms with E-state index in [9.17, 15) is 4.79 Å². The van der Waals surface area contributed by atoms with Crippen LogP contribution in [0.15, 0.2) is 0 Å². The molecule has 72 valence electrons. The summed E-state index contributed by atoms with van der Waals surface area (Å²) in [5, 5.41) is 3.17. The summed E-state index contributed by atoms with van der Waals surface area (Å²) in [7, 11) is 0. The molecule has 0 aliphatic carbocycles. The Kier molecular flexibility index (Phi) is 8.12. The number of amides is 1. The minimum Gasteiger partial charge on any atom is -0.370 e. The van der Waals surface area contributed by atoms with E-state index < -0.39 is 0 Å². The van der Waals surface area contributed by atoms with Crippen LogP contribution in [0.25, 0.3) is 0 Å². The largest absolute Gasteiger partial charge is 0.370 e. The Morgan fingerprint density at radius 3 is 2.58 bits per heavy atom. The van der Waals surface area contributed by atoms with Gasteiger partial charge in [0.25, 0.3) is 0 Å². The molecule has 0 unspecified atom stereocenters. The SMILES string of the molecule is CCCCCCNCCC(N)=O. The number of hydrogen-bond donors (Lipinski definition) is 2. The van der Waals surface area contributed by atoms with Crippen molar-refractivity contribution in [3.05, 3.63) is 0 Å². The van der Waals surface area contributed by atoms with Gasteiger partial charge in [-0.1, -0.05) is 26.2 Å². The van der Waals surface area contributed by atoms with Gasteiger partial charge in [0.2, 0.25) is 5.91 Å². The van der Waals surface area contributed by atoms with Gasteiger partial charge in [-0.2, -0.15) is 0 Å². The van der Waals surface area contributed by atoms with Gasteiger partial charge >= 0.3 is 0 Å². The summed E-state index contributed by atoms with van der Waals surface area (Å²) in [4.78, 5) is 10.3. The van der Waals surface area contributed by atoms with E-state index in [2.05, 4.69) is 12.2 Å². The van der Waals surface area contributed by atoms with Gasteiger partial charge in [-0.05, 0) is 13.0 Å². The molecule has 0 saturated heterocycles. The molecule has 0 bridgehead atoms. The monoisotopic (exact) mass is 172 g/mol. The van der Waals surface area contributed by atoms with Crippen molar-refractivity contribution in [3.63, 3.8) is 0 Å². The minimum absolute atomic E-state index is 0.226. The van der Waals surface area contributed by atoms with Crippen molar-refractivity contribution in [2.45, 2.75) is 39.0 Å². The Morgan fingerprint density at radius 1 is 1.25 bits per heavy atom. The second-order valence-corrected chi connectivity index (χ2v) is 3.03. The zero-order valence-corrected chi connectivity index (χ0v) is 7.94. The van der Waals surface area contributed by atoms with Gasteiger partial charge in [0.15, 0.2) is 0 Å². The summed E-state index contributed by atoms with van der Waals surface area (Å²) in [5.41, 5.74) is 4.98. The smallest absolute Gasteiger partial charge is 0.218 e. The predicted molar refractivity (Wildman–Crippen MR) is 50.8 cm³/mol. The number of nitrogens with two attached hydrogens (primary N) is 1. The van der Waals surface area contributed by atoms with Crippen LogP contribution in [0, 0.1) is 0 Å². The highest BCUT2D eigenvalue weighted by Crippen LogP contribution is 1.96. The Labute approximate surface area is 74.7 Å². The van der Waals surface area contributed by atoms with E-state index >= 15 is 0 Å². The third-order valence-electron chi connectivity index (χ3n) is 1.76. The Morgan fingerprint density at radius 2 is 2.00 bits per heavy atom. The lowest BCUT2D eigenvalue weighted by atomic mass is 10.2. The average molecular weight is 172 g/mol. The molecule has 0 spiro atoms. The van der Waals surface area contributed by atoms with E-state index in [0.717, 1.165) is 13.1 Å². The van der Waals surface area contributed by atoms with Crippen molar-refractivity contribution >= 4 is 5.91 Å². The molecule has 0 fully saturated rings. The molecular formula is C9H20N2O. The molecule has 1 amide bonds. The van der Waals surface area contributed by atoms with Crippen LogP contribution >= 0.6 is 0 Å². The Balaban J connectivity index is 2.86. The number of hydrogen-bond acceptors (Lipinski definition) is 2. The van der Waals surface area contributed by atoms with Crippen molar-refractivity contribution in [1.82, 2.24) is 5.32 Å². The predicted octanol–water partition coefficient (Wildman–Crippen LogP) is 1.03. The minimum atomic E-state index is -0.226. The average Bonchev–Trinajstić information content (AvgIpc) is 2.02. The van der Waals surface area contributed by atoms with E-state index in [-0.39, 0.29) is 5.91 Å². The number of unbranched alkanes of at least 4 members (excludes halogenated alkanes) is 3. The topological polar surface area (TPSA) is 55.1 Å². The molecule has 0 radical (unpaired) electrons. The van der Waals surface area contributed by atoms with Crippen LogP contribution in [0.1, 0.15) is 39.0 Å². The van der Waals surface area contributed by atoms with Gasteiger partial charge < -0.3 is 11.1 Å². The van der Waals surface area contributed by atoms with E-state index in [1.165, 1.54) is 25.7 Å². The highest BCUT2D eigenvalue weighted by molar-refractivity contribution is 5.73. The van der Waals surface area contributed by atoms with Gasteiger partial charge in [0, 0.05) is 13.0 Å². The molecule has 0 heterocycles. The van der Waals surface area contributed by atoms with E-state index in [1.807, 2.05) is 0 Å². The van der Waals surface area contributed by atoms with Crippen molar-refractivity contribution in [2.75, 3.05) is 13.1 Å². The fourth-order valence-corrected chi connectivity index (χ4v) is 1.01. The molecular weight excluding hydrogens is 152 g/mol. The summed E-state index contributed by atoms with van der Waals surface area (Å²) >= 11 is 0. The van der Waals surface area contributed by atoms with Crippen LogP contribution < -0.4 is 11.1 Å². The molecule has 0 aromatic carbocycles. The van der Waals surface area contributed by atoms with Crippen molar-refractivity contribution in [2.24, 2.45) is 5.73 Å². The number of carbonyl (C=O) groups excluding carboxylic acids is 1. The fraction of sp³-hybridized carbons (Fsp3) is 0.889. The number of carbonyl (C=O) groups is 1. The lowest BCUT2D eigenvalue weighted by molar-refractivity contribution is -0.117. The highest BCUT2D eigenvalue weighted by atomic mass is 16.1. The molecule has 0 atom stereocenters. The summed E-state index contributed by atoms with van der Waals surface area (Å²) in [6.45, 7) is 3.93. The van der Waals surface area contributed by atoms with Gasteiger partial charge in [-0.3, -0.25) is 4.79 Å². The quantitative estimate of drug-likeness (QED) is 0.537. The third-order valence-corrected chi connectivity index (χ3v) is 1.76. The van der Waals surface area contributed by atoms with Crippen LogP contribution in [0.5, 0.6) is 0 Å². The molecule has 0 aliphatic heterocycles. The highest BCUT2D eigenvalue weighted by Gasteiger charge is 1.92. The first-order chi connectivity index (χ1) is 5.77. The van der Waals surface area contributed by atoms with E-state index in [0.29, 0.717) is 6.42 Å². The second kappa shape index (κ2) is 8.53. The first kappa shape index (κ1) is 11.4. The first-order valence-corrected chi connectivity index (χ1v) is 4.76. The molecule has 3 N–H and O–H groups in total. The normalized spacial score (nSPS) is 10.1. The first-order valence-electron chi connectivity index (χ1n) is 4.76. The molecule has 3 heteroatoms.